The molecule has 0 saturated carbocycles. The molecule has 182 valence electrons. The molecule has 35 heavy (non-hydrogen) atoms. The van der Waals surface area contributed by atoms with Crippen molar-refractivity contribution in [3.8, 4) is 0 Å². The maximum absolute atomic E-state index is 12.6. The Bertz CT molecular complexity index is 1220. The molecule has 0 bridgehead atoms. The number of aromatic nitrogens is 2. The van der Waals surface area contributed by atoms with Crippen molar-refractivity contribution in [1.29, 1.82) is 0 Å². The molecule has 1 unspecified atom stereocenters. The van der Waals surface area contributed by atoms with Crippen molar-refractivity contribution in [2.75, 3.05) is 13.1 Å². The molecule has 3 heterocycles. The highest BCUT2D eigenvalue weighted by atomic mass is 79.9. The molecule has 3 aromatic rings. The van der Waals surface area contributed by atoms with E-state index in [1.54, 1.807) is 12.4 Å². The van der Waals surface area contributed by atoms with Crippen molar-refractivity contribution in [1.82, 2.24) is 20.2 Å². The van der Waals surface area contributed by atoms with E-state index in [2.05, 4.69) is 59.2 Å². The third kappa shape index (κ3) is 5.79. The summed E-state index contributed by atoms with van der Waals surface area (Å²) in [5, 5.41) is 3.80. The zero-order valence-electron chi connectivity index (χ0n) is 19.3. The minimum absolute atomic E-state index is 0.0719. The molecule has 1 N–H and O–H groups in total. The van der Waals surface area contributed by atoms with Gasteiger partial charge in [0.1, 0.15) is 0 Å². The van der Waals surface area contributed by atoms with Gasteiger partial charge in [-0.1, -0.05) is 33.6 Å². The van der Waals surface area contributed by atoms with Gasteiger partial charge >= 0.3 is 0 Å². The number of amides is 1. The summed E-state index contributed by atoms with van der Waals surface area (Å²) in [5.41, 5.74) is 5.98. The van der Waals surface area contributed by atoms with Gasteiger partial charge in [0.2, 0.25) is 5.91 Å². The summed E-state index contributed by atoms with van der Waals surface area (Å²) in [5.74, 6) is 0.498. The summed E-state index contributed by atoms with van der Waals surface area (Å²) in [4.78, 5) is 24.1. The third-order valence-electron chi connectivity index (χ3n) is 7.05. The molecule has 5 rings (SSSR count). The molecule has 1 aliphatic heterocycles. The molecule has 1 atom stereocenters. The Kier molecular flexibility index (Phi) is 7.87. The van der Waals surface area contributed by atoms with Crippen LogP contribution in [0.4, 0.5) is 0 Å². The predicted octanol–water partition coefficient (Wildman–Crippen LogP) is 6.26. The van der Waals surface area contributed by atoms with Crippen molar-refractivity contribution in [3.63, 3.8) is 0 Å². The van der Waals surface area contributed by atoms with Gasteiger partial charge in [-0.05, 0) is 107 Å². The van der Waals surface area contributed by atoms with Crippen molar-refractivity contribution in [2.24, 2.45) is 5.92 Å². The van der Waals surface area contributed by atoms with Gasteiger partial charge in [0, 0.05) is 45.5 Å². The number of fused-ring (bicyclic) bond motifs is 2. The van der Waals surface area contributed by atoms with Crippen LogP contribution in [0.2, 0.25) is 5.02 Å². The van der Waals surface area contributed by atoms with E-state index in [4.69, 9.17) is 16.6 Å². The molecular weight excluding hydrogens is 592 g/mol. The number of nitrogens with zero attached hydrogens (tertiary/aromatic N) is 3. The maximum atomic E-state index is 12.6. The zero-order valence-corrected chi connectivity index (χ0v) is 23.2. The van der Waals surface area contributed by atoms with Gasteiger partial charge in [0.15, 0.2) is 0 Å². The largest absolute Gasteiger partial charge is 0.352 e. The average molecular weight is 619 g/mol. The lowest BCUT2D eigenvalue weighted by Crippen LogP contribution is -2.39. The number of likely N-dealkylation sites (tertiary alicyclic amines) is 1. The topological polar surface area (TPSA) is 58.1 Å². The Morgan fingerprint density at radius 2 is 1.91 bits per heavy atom. The number of nitrogens with one attached hydrogen (secondary N) is 1. The van der Waals surface area contributed by atoms with E-state index in [9.17, 15) is 4.79 Å². The van der Waals surface area contributed by atoms with Crippen molar-refractivity contribution in [2.45, 2.75) is 44.7 Å². The number of carbonyl (C=O) groups is 1. The summed E-state index contributed by atoms with van der Waals surface area (Å²) in [6, 6.07) is 10.2. The first-order valence-corrected chi connectivity index (χ1v) is 14.0. The van der Waals surface area contributed by atoms with Crippen LogP contribution in [0.3, 0.4) is 0 Å². The van der Waals surface area contributed by atoms with Crippen LogP contribution in [0.25, 0.3) is 0 Å². The molecule has 8 heteroatoms. The molecular formula is C27H27Br2ClN4O. The smallest absolute Gasteiger partial charge is 0.220 e. The standard InChI is InChI=1S/C27H27Br2ClN4O/c28-21-11-20-4-3-19-12-22(30)13-23(29)25(19)27(26(20)33-16-21)34-8-5-17(6-9-34)10-24(35)32-15-18-2-1-7-31-14-18/h1-2,7,11-14,16-17,27H,3-6,8-10,15H2,(H,32,35). The van der Waals surface area contributed by atoms with E-state index in [1.165, 1.54) is 16.7 Å². The second-order valence-corrected chi connectivity index (χ2v) is 11.6. The first kappa shape index (κ1) is 24.9. The molecule has 1 amide bonds. The fraction of sp³-hybridized carbons (Fsp3) is 0.370. The molecule has 5 nitrogen and oxygen atoms in total. The fourth-order valence-electron chi connectivity index (χ4n) is 5.30. The van der Waals surface area contributed by atoms with Crippen LogP contribution in [0.5, 0.6) is 0 Å². The van der Waals surface area contributed by atoms with Gasteiger partial charge in [-0.2, -0.15) is 0 Å². The van der Waals surface area contributed by atoms with Gasteiger partial charge in [-0.25, -0.2) is 0 Å². The maximum Gasteiger partial charge on any atom is 0.220 e. The number of hydrogen-bond donors (Lipinski definition) is 1. The highest BCUT2D eigenvalue weighted by Crippen LogP contribution is 2.42. The van der Waals surface area contributed by atoms with Crippen LogP contribution < -0.4 is 5.32 Å². The summed E-state index contributed by atoms with van der Waals surface area (Å²) in [6.45, 7) is 2.38. The average Bonchev–Trinajstić information content (AvgIpc) is 3.01. The highest BCUT2D eigenvalue weighted by Gasteiger charge is 2.34. The number of piperidine rings is 1. The summed E-state index contributed by atoms with van der Waals surface area (Å²) in [6.07, 6.45) is 9.85. The second kappa shape index (κ2) is 11.1. The predicted molar refractivity (Wildman–Crippen MR) is 145 cm³/mol. The van der Waals surface area contributed by atoms with Crippen LogP contribution >= 0.6 is 43.5 Å². The van der Waals surface area contributed by atoms with Gasteiger partial charge in [-0.3, -0.25) is 19.7 Å². The molecule has 2 aliphatic rings. The molecule has 1 fully saturated rings. The lowest BCUT2D eigenvalue weighted by atomic mass is 9.89. The van der Waals surface area contributed by atoms with Gasteiger partial charge in [0.05, 0.1) is 11.7 Å². The normalized spacial score (nSPS) is 18.4. The van der Waals surface area contributed by atoms with E-state index in [0.29, 0.717) is 18.9 Å². The zero-order chi connectivity index (χ0) is 24.4. The Labute approximate surface area is 227 Å². The quantitative estimate of drug-likeness (QED) is 0.367. The van der Waals surface area contributed by atoms with Crippen LogP contribution in [-0.2, 0) is 24.2 Å². The fourth-order valence-corrected chi connectivity index (χ4v) is 6.77. The first-order valence-electron chi connectivity index (χ1n) is 12.0. The van der Waals surface area contributed by atoms with E-state index in [1.807, 2.05) is 24.4 Å². The summed E-state index contributed by atoms with van der Waals surface area (Å²) >= 11 is 13.8. The molecule has 0 radical (unpaired) electrons. The number of halogens is 3. The minimum Gasteiger partial charge on any atom is -0.352 e. The molecule has 1 aromatic carbocycles. The van der Waals surface area contributed by atoms with E-state index < -0.39 is 0 Å². The van der Waals surface area contributed by atoms with E-state index >= 15 is 0 Å². The first-order chi connectivity index (χ1) is 17.0. The lowest BCUT2D eigenvalue weighted by Gasteiger charge is -2.38. The van der Waals surface area contributed by atoms with E-state index in [-0.39, 0.29) is 11.9 Å². The monoisotopic (exact) mass is 616 g/mol. The second-order valence-electron chi connectivity index (χ2n) is 9.38. The van der Waals surface area contributed by atoms with Crippen molar-refractivity contribution in [3.05, 3.63) is 90.8 Å². The number of rotatable bonds is 5. The molecule has 0 spiro atoms. The summed E-state index contributed by atoms with van der Waals surface area (Å²) in [7, 11) is 0. The van der Waals surface area contributed by atoms with Gasteiger partial charge in [0.25, 0.3) is 0 Å². The number of pyridine rings is 2. The van der Waals surface area contributed by atoms with Crippen molar-refractivity contribution < 1.29 is 4.79 Å². The molecule has 2 aromatic heterocycles. The number of benzene rings is 1. The van der Waals surface area contributed by atoms with Crippen LogP contribution in [0.15, 0.2) is 57.9 Å². The third-order valence-corrected chi connectivity index (χ3v) is 8.35. The number of hydrogen-bond acceptors (Lipinski definition) is 4. The van der Waals surface area contributed by atoms with Crippen molar-refractivity contribution >= 4 is 49.4 Å². The van der Waals surface area contributed by atoms with Crippen LogP contribution in [-0.4, -0.2) is 33.9 Å². The Morgan fingerprint density at radius 1 is 1.11 bits per heavy atom. The Morgan fingerprint density at radius 3 is 2.69 bits per heavy atom. The van der Waals surface area contributed by atoms with Crippen LogP contribution in [0.1, 0.15) is 53.3 Å². The SMILES string of the molecule is O=C(CC1CCN(C2c3ncc(Br)cc3CCc3cc(Cl)cc(Br)c32)CC1)NCc1cccnc1. The molecule has 1 aliphatic carbocycles. The van der Waals surface area contributed by atoms with E-state index in [0.717, 1.165) is 64.0 Å². The molecule has 1 saturated heterocycles. The van der Waals surface area contributed by atoms with Crippen LogP contribution in [0, 0.1) is 5.92 Å². The lowest BCUT2D eigenvalue weighted by molar-refractivity contribution is -0.122. The van der Waals surface area contributed by atoms with Gasteiger partial charge < -0.3 is 5.32 Å². The number of aryl methyl sites for hydroxylation is 2. The summed E-state index contributed by atoms with van der Waals surface area (Å²) < 4.78 is 2.05. The Hall–Kier alpha value is -1.80. The highest BCUT2D eigenvalue weighted by molar-refractivity contribution is 9.10. The van der Waals surface area contributed by atoms with Gasteiger partial charge in [-0.15, -0.1) is 0 Å². The Balaban J connectivity index is 1.30. The number of carbonyl (C=O) groups excluding carboxylic acids is 1. The minimum atomic E-state index is 0.0719.